The third kappa shape index (κ3) is 7.16. The fourth-order valence-corrected chi connectivity index (χ4v) is 6.06. The molecule has 2 heterocycles. The quantitative estimate of drug-likeness (QED) is 0.106. The molecule has 4 aromatic carbocycles. The number of anilines is 1. The zero-order valence-corrected chi connectivity index (χ0v) is 27.6. The molecule has 0 fully saturated rings. The summed E-state index contributed by atoms with van der Waals surface area (Å²) in [7, 11) is 3.10. The lowest BCUT2D eigenvalue weighted by Crippen LogP contribution is -2.38. The molecule has 6 rings (SSSR count). The van der Waals surface area contributed by atoms with Gasteiger partial charge in [-0.05, 0) is 82.4 Å². The summed E-state index contributed by atoms with van der Waals surface area (Å²) in [4.78, 5) is 18.6. The third-order valence-corrected chi connectivity index (χ3v) is 8.73. The first-order valence-corrected chi connectivity index (χ1v) is 16.0. The maximum atomic E-state index is 12.8. The molecular weight excluding hydrogens is 646 g/mol. The van der Waals surface area contributed by atoms with Crippen LogP contribution in [-0.4, -0.2) is 59.5 Å². The highest BCUT2D eigenvalue weighted by Gasteiger charge is 2.27. The van der Waals surface area contributed by atoms with E-state index in [1.807, 2.05) is 18.2 Å². The number of nitrogens with one attached hydrogen (secondary N) is 2. The van der Waals surface area contributed by atoms with Gasteiger partial charge in [-0.2, -0.15) is 0 Å². The van der Waals surface area contributed by atoms with E-state index >= 15 is 0 Å². The molecule has 2 aliphatic rings. The first-order chi connectivity index (χ1) is 24.4. The summed E-state index contributed by atoms with van der Waals surface area (Å²) in [5.74, 6) is 1.84. The maximum Gasteiger partial charge on any atom is 0.255 e. The summed E-state index contributed by atoms with van der Waals surface area (Å²) >= 11 is 0. The molecule has 0 spiro atoms. The summed E-state index contributed by atoms with van der Waals surface area (Å²) in [5, 5.41) is 49.9. The summed E-state index contributed by atoms with van der Waals surface area (Å²) < 4.78 is 22.8. The molecule has 50 heavy (non-hydrogen) atoms. The summed E-state index contributed by atoms with van der Waals surface area (Å²) in [6, 6.07) is 19.6. The number of oxime groups is 1. The van der Waals surface area contributed by atoms with Crippen molar-refractivity contribution in [2.45, 2.75) is 45.1 Å². The number of fused-ring (bicyclic) bond motifs is 1. The Morgan fingerprint density at radius 2 is 1.44 bits per heavy atom. The molecule has 0 bridgehead atoms. The fourth-order valence-electron chi connectivity index (χ4n) is 6.06. The molecule has 0 radical (unpaired) electrons. The highest BCUT2D eigenvalue weighted by atomic mass is 16.6. The number of rotatable bonds is 14. The van der Waals surface area contributed by atoms with Gasteiger partial charge in [-0.3, -0.25) is 4.79 Å². The minimum atomic E-state index is -0.501. The molecule has 2 unspecified atom stereocenters. The zero-order chi connectivity index (χ0) is 35.2. The molecule has 0 saturated heterocycles. The van der Waals surface area contributed by atoms with Gasteiger partial charge in [0.25, 0.3) is 5.91 Å². The van der Waals surface area contributed by atoms with Gasteiger partial charge in [0, 0.05) is 23.2 Å². The first-order valence-electron chi connectivity index (χ1n) is 16.0. The van der Waals surface area contributed by atoms with Crippen molar-refractivity contribution in [2.75, 3.05) is 32.8 Å². The highest BCUT2D eigenvalue weighted by Crippen LogP contribution is 2.37. The number of nitrogens with zero attached hydrogens (tertiary/aromatic N) is 1. The van der Waals surface area contributed by atoms with Crippen LogP contribution in [0.25, 0.3) is 0 Å². The molecular formula is C37H39N3O10. The van der Waals surface area contributed by atoms with Crippen molar-refractivity contribution in [1.82, 2.24) is 5.32 Å². The summed E-state index contributed by atoms with van der Waals surface area (Å²) in [6.45, 7) is -0.789. The number of aliphatic hydroxyl groups is 4. The van der Waals surface area contributed by atoms with Gasteiger partial charge < -0.3 is 54.8 Å². The van der Waals surface area contributed by atoms with Crippen LogP contribution in [0.4, 0.5) is 5.69 Å². The predicted molar refractivity (Wildman–Crippen MR) is 182 cm³/mol. The van der Waals surface area contributed by atoms with E-state index in [1.165, 1.54) is 0 Å². The molecule has 2 aliphatic heterocycles. The van der Waals surface area contributed by atoms with Crippen molar-refractivity contribution in [3.05, 3.63) is 111 Å². The van der Waals surface area contributed by atoms with Crippen LogP contribution in [0.15, 0.2) is 71.9 Å². The highest BCUT2D eigenvalue weighted by molar-refractivity contribution is 6.02. The Labute approximate surface area is 288 Å². The zero-order valence-electron chi connectivity index (χ0n) is 27.6. The average molecular weight is 686 g/mol. The second-order valence-corrected chi connectivity index (χ2v) is 11.7. The molecule has 2 atom stereocenters. The fraction of sp³-hybridized carbons (Fsp3) is 0.297. The molecule has 262 valence electrons. The van der Waals surface area contributed by atoms with E-state index in [9.17, 15) is 25.2 Å². The van der Waals surface area contributed by atoms with E-state index in [1.54, 1.807) is 62.8 Å². The van der Waals surface area contributed by atoms with Gasteiger partial charge in [0.2, 0.25) is 0 Å². The van der Waals surface area contributed by atoms with Crippen molar-refractivity contribution in [2.24, 2.45) is 5.16 Å². The number of hydrogen-bond acceptors (Lipinski definition) is 12. The lowest BCUT2D eigenvalue weighted by Gasteiger charge is -2.29. The van der Waals surface area contributed by atoms with Crippen molar-refractivity contribution in [1.29, 1.82) is 0 Å². The molecule has 1 amide bonds. The molecule has 4 aromatic rings. The number of aliphatic hydroxyl groups excluding tert-OH is 4. The Hall–Kier alpha value is -5.34. The van der Waals surface area contributed by atoms with Crippen LogP contribution in [0, 0.1) is 0 Å². The van der Waals surface area contributed by atoms with Gasteiger partial charge in [-0.15, -0.1) is 0 Å². The van der Waals surface area contributed by atoms with E-state index in [0.717, 1.165) is 11.1 Å². The number of amides is 1. The van der Waals surface area contributed by atoms with Crippen LogP contribution in [0.2, 0.25) is 0 Å². The normalized spacial score (nSPS) is 16.4. The van der Waals surface area contributed by atoms with Gasteiger partial charge in [0.05, 0.1) is 51.9 Å². The monoisotopic (exact) mass is 685 g/mol. The maximum absolute atomic E-state index is 12.8. The standard InChI is InChI=1S/C37H39N3O10/c1-46-27-5-6-30-28(15-27)37(45)39-36(38-30)22-4-7-32(26(11-22)19-43)48-9-10-49-35-14-21(3-8-33(35)47-2)34-16-31(40-50-34)23-12-24(17-41)29(20-44)25(13-23)18-42/h3-8,11-15,34,36,38,41-44H,9-10,16-20H2,1-2H3,(H,39,45). The van der Waals surface area contributed by atoms with Gasteiger partial charge in [-0.1, -0.05) is 17.3 Å². The van der Waals surface area contributed by atoms with E-state index in [2.05, 4.69) is 15.8 Å². The van der Waals surface area contributed by atoms with Gasteiger partial charge in [0.1, 0.15) is 30.9 Å². The molecule has 6 N–H and O–H groups in total. The van der Waals surface area contributed by atoms with Crippen molar-refractivity contribution < 1.29 is 49.0 Å². The topological polar surface area (TPSA) is 181 Å². The lowest BCUT2D eigenvalue weighted by atomic mass is 9.94. The minimum Gasteiger partial charge on any atom is -0.497 e. The van der Waals surface area contributed by atoms with Gasteiger partial charge >= 0.3 is 0 Å². The Morgan fingerprint density at radius 1 is 0.740 bits per heavy atom. The van der Waals surface area contributed by atoms with E-state index in [0.29, 0.717) is 74.2 Å². The molecule has 13 heteroatoms. The van der Waals surface area contributed by atoms with Crippen LogP contribution in [0.3, 0.4) is 0 Å². The lowest BCUT2D eigenvalue weighted by molar-refractivity contribution is 0.0854. The predicted octanol–water partition coefficient (Wildman–Crippen LogP) is 3.85. The van der Waals surface area contributed by atoms with Crippen LogP contribution >= 0.6 is 0 Å². The largest absolute Gasteiger partial charge is 0.497 e. The average Bonchev–Trinajstić information content (AvgIpc) is 3.66. The van der Waals surface area contributed by atoms with Crippen molar-refractivity contribution in [3.63, 3.8) is 0 Å². The number of benzene rings is 4. The Balaban J connectivity index is 1.08. The first kappa shape index (κ1) is 34.5. The Morgan fingerprint density at radius 3 is 2.12 bits per heavy atom. The molecule has 0 aromatic heterocycles. The number of carbonyl (C=O) groups is 1. The Kier molecular flexibility index (Phi) is 10.7. The SMILES string of the molecule is COc1ccc2c(c1)C(=O)NC(c1ccc(OCCOc3cc(C4CC(c5cc(CO)c(CO)c(CO)c5)=NO4)ccc3OC)c(CO)c1)N2. The van der Waals surface area contributed by atoms with Crippen LogP contribution < -0.4 is 29.6 Å². The number of ether oxygens (including phenoxy) is 4. The molecule has 13 nitrogen and oxygen atoms in total. The number of methoxy groups -OCH3 is 2. The van der Waals surface area contributed by atoms with Gasteiger partial charge in [0.15, 0.2) is 17.6 Å². The summed E-state index contributed by atoms with van der Waals surface area (Å²) in [5.41, 5.74) is 6.15. The third-order valence-electron chi connectivity index (χ3n) is 8.73. The number of hydrogen-bond donors (Lipinski definition) is 6. The van der Waals surface area contributed by atoms with Crippen LogP contribution in [0.1, 0.15) is 68.0 Å². The smallest absolute Gasteiger partial charge is 0.255 e. The molecule has 0 aliphatic carbocycles. The minimum absolute atomic E-state index is 0.171. The number of carbonyl (C=O) groups excluding carboxylic acids is 1. The molecule has 0 saturated carbocycles. The second kappa shape index (κ2) is 15.5. The van der Waals surface area contributed by atoms with Gasteiger partial charge in [-0.25, -0.2) is 0 Å². The summed E-state index contributed by atoms with van der Waals surface area (Å²) in [6.07, 6.45) is -0.476. The van der Waals surface area contributed by atoms with E-state index in [4.69, 9.17) is 23.8 Å². The van der Waals surface area contributed by atoms with E-state index < -0.39 is 12.3 Å². The van der Waals surface area contributed by atoms with Crippen LogP contribution in [0.5, 0.6) is 23.0 Å². The van der Waals surface area contributed by atoms with Crippen molar-refractivity contribution >= 4 is 17.3 Å². The van der Waals surface area contributed by atoms with Crippen LogP contribution in [-0.2, 0) is 31.3 Å². The van der Waals surface area contributed by atoms with E-state index in [-0.39, 0.29) is 45.5 Å². The van der Waals surface area contributed by atoms with Crippen molar-refractivity contribution in [3.8, 4) is 23.0 Å². The Bertz CT molecular complexity index is 1870. The second-order valence-electron chi connectivity index (χ2n) is 11.7.